The van der Waals surface area contributed by atoms with E-state index in [0.717, 1.165) is 47.7 Å². The number of carbonyl (C=O) groups excluding carboxylic acids is 1. The molecule has 0 aliphatic carbocycles. The van der Waals surface area contributed by atoms with Crippen LogP contribution >= 0.6 is 0 Å². The van der Waals surface area contributed by atoms with Crippen LogP contribution in [0, 0.1) is 20.8 Å². The molecule has 0 unspecified atom stereocenters. The number of hydrogen-bond donors (Lipinski definition) is 2. The molecule has 1 aliphatic heterocycles. The van der Waals surface area contributed by atoms with Crippen molar-refractivity contribution in [1.29, 1.82) is 0 Å². The van der Waals surface area contributed by atoms with E-state index in [1.54, 1.807) is 13.0 Å². The summed E-state index contributed by atoms with van der Waals surface area (Å²) >= 11 is 0. The van der Waals surface area contributed by atoms with Crippen LogP contribution in [0.15, 0.2) is 40.8 Å². The van der Waals surface area contributed by atoms with Gasteiger partial charge in [-0.25, -0.2) is 9.97 Å². The molecular formula is C22H25N5O2. The number of furan rings is 1. The summed E-state index contributed by atoms with van der Waals surface area (Å²) in [4.78, 5) is 23.8. The monoisotopic (exact) mass is 391 g/mol. The Hall–Kier alpha value is -3.35. The molecule has 1 amide bonds. The van der Waals surface area contributed by atoms with Gasteiger partial charge in [-0.3, -0.25) is 4.79 Å². The molecule has 0 radical (unpaired) electrons. The normalized spacial score (nSPS) is 13.6. The van der Waals surface area contributed by atoms with Crippen molar-refractivity contribution in [2.24, 2.45) is 0 Å². The maximum atomic E-state index is 12.4. The summed E-state index contributed by atoms with van der Waals surface area (Å²) in [6.07, 6.45) is 2.41. The van der Waals surface area contributed by atoms with E-state index in [-0.39, 0.29) is 5.91 Å². The average molecular weight is 391 g/mol. The molecule has 0 bridgehead atoms. The molecule has 7 nitrogen and oxygen atoms in total. The summed E-state index contributed by atoms with van der Waals surface area (Å²) in [7, 11) is 0. The molecule has 3 heterocycles. The molecule has 0 saturated carbocycles. The number of rotatable bonds is 5. The fraction of sp³-hybridized carbons (Fsp3) is 0.318. The number of anilines is 4. The number of nitrogens with one attached hydrogen (secondary N) is 2. The molecular weight excluding hydrogens is 366 g/mol. The standard InChI is InChI=1S/C22H25N5O2/c1-14-12-19(15(2)29-14)22(28)26-18-8-6-17(7-9-18)25-20-13-21(24-16(3)23-20)27-10-4-5-11-27/h6-9,12-13H,4-5,10-11H2,1-3H3,(H,26,28)(H,23,24,25). The highest BCUT2D eigenvalue weighted by molar-refractivity contribution is 6.05. The second-order valence-electron chi connectivity index (χ2n) is 7.34. The summed E-state index contributed by atoms with van der Waals surface area (Å²) in [5.74, 6) is 3.63. The number of hydrogen-bond acceptors (Lipinski definition) is 6. The first-order valence-corrected chi connectivity index (χ1v) is 9.84. The first kappa shape index (κ1) is 19.0. The van der Waals surface area contributed by atoms with Gasteiger partial charge in [0.2, 0.25) is 0 Å². The van der Waals surface area contributed by atoms with Crippen molar-refractivity contribution in [2.75, 3.05) is 28.6 Å². The summed E-state index contributed by atoms with van der Waals surface area (Å²) in [6.45, 7) is 7.60. The molecule has 7 heteroatoms. The van der Waals surface area contributed by atoms with Gasteiger partial charge in [0.15, 0.2) is 0 Å². The first-order chi connectivity index (χ1) is 14.0. The van der Waals surface area contributed by atoms with E-state index in [1.807, 2.05) is 44.2 Å². The number of aryl methyl sites for hydroxylation is 3. The number of benzene rings is 1. The van der Waals surface area contributed by atoms with Crippen LogP contribution in [-0.2, 0) is 0 Å². The summed E-state index contributed by atoms with van der Waals surface area (Å²) in [6, 6.07) is 11.3. The topological polar surface area (TPSA) is 83.3 Å². The number of aromatic nitrogens is 2. The Morgan fingerprint density at radius 2 is 1.69 bits per heavy atom. The Kier molecular flexibility index (Phi) is 5.20. The van der Waals surface area contributed by atoms with Crippen molar-refractivity contribution >= 4 is 28.9 Å². The Bertz CT molecular complexity index is 1020. The first-order valence-electron chi connectivity index (χ1n) is 9.84. The Balaban J connectivity index is 1.44. The molecule has 29 heavy (non-hydrogen) atoms. The zero-order valence-corrected chi connectivity index (χ0v) is 17.0. The second kappa shape index (κ2) is 7.95. The van der Waals surface area contributed by atoms with Crippen LogP contribution in [0.4, 0.5) is 23.0 Å². The highest BCUT2D eigenvalue weighted by Crippen LogP contribution is 2.24. The van der Waals surface area contributed by atoms with Gasteiger partial charge in [-0.05, 0) is 63.9 Å². The molecule has 2 N–H and O–H groups in total. The van der Waals surface area contributed by atoms with Gasteiger partial charge in [0.25, 0.3) is 5.91 Å². The lowest BCUT2D eigenvalue weighted by Crippen LogP contribution is -2.19. The van der Waals surface area contributed by atoms with Crippen LogP contribution in [0.1, 0.15) is 40.5 Å². The van der Waals surface area contributed by atoms with E-state index in [9.17, 15) is 4.79 Å². The highest BCUT2D eigenvalue weighted by atomic mass is 16.3. The van der Waals surface area contributed by atoms with Gasteiger partial charge in [0, 0.05) is 30.5 Å². The maximum absolute atomic E-state index is 12.4. The lowest BCUT2D eigenvalue weighted by molar-refractivity contribution is 0.102. The molecule has 0 atom stereocenters. The minimum absolute atomic E-state index is 0.179. The van der Waals surface area contributed by atoms with E-state index >= 15 is 0 Å². The van der Waals surface area contributed by atoms with Crippen LogP contribution in [0.25, 0.3) is 0 Å². The predicted molar refractivity (Wildman–Crippen MR) is 114 cm³/mol. The van der Waals surface area contributed by atoms with E-state index in [1.165, 1.54) is 12.8 Å². The van der Waals surface area contributed by atoms with E-state index < -0.39 is 0 Å². The summed E-state index contributed by atoms with van der Waals surface area (Å²) < 4.78 is 5.43. The molecule has 3 aromatic rings. The van der Waals surface area contributed by atoms with Crippen LogP contribution in [0.3, 0.4) is 0 Å². The minimum atomic E-state index is -0.179. The minimum Gasteiger partial charge on any atom is -0.466 e. The van der Waals surface area contributed by atoms with E-state index in [0.29, 0.717) is 11.3 Å². The zero-order chi connectivity index (χ0) is 20.4. The number of amides is 1. The molecule has 150 valence electrons. The second-order valence-corrected chi connectivity index (χ2v) is 7.34. The SMILES string of the molecule is Cc1nc(Nc2ccc(NC(=O)c3cc(C)oc3C)cc2)cc(N2CCCC2)n1. The maximum Gasteiger partial charge on any atom is 0.259 e. The molecule has 0 spiro atoms. The van der Waals surface area contributed by atoms with Crippen LogP contribution in [-0.4, -0.2) is 29.0 Å². The fourth-order valence-electron chi connectivity index (χ4n) is 3.56. The van der Waals surface area contributed by atoms with Crippen LogP contribution < -0.4 is 15.5 Å². The molecule has 1 saturated heterocycles. The van der Waals surface area contributed by atoms with Crippen molar-refractivity contribution in [3.63, 3.8) is 0 Å². The van der Waals surface area contributed by atoms with Crippen molar-refractivity contribution in [3.05, 3.63) is 59.3 Å². The van der Waals surface area contributed by atoms with Crippen LogP contribution in [0.5, 0.6) is 0 Å². The quantitative estimate of drug-likeness (QED) is 0.662. The number of nitrogens with zero attached hydrogens (tertiary/aromatic N) is 3. The third-order valence-corrected chi connectivity index (χ3v) is 4.96. The molecule has 2 aromatic heterocycles. The Morgan fingerprint density at radius 1 is 1.00 bits per heavy atom. The van der Waals surface area contributed by atoms with Gasteiger partial charge >= 0.3 is 0 Å². The Labute approximate surface area is 170 Å². The van der Waals surface area contributed by atoms with Crippen molar-refractivity contribution in [2.45, 2.75) is 33.6 Å². The number of carbonyl (C=O) groups is 1. The predicted octanol–water partition coefficient (Wildman–Crippen LogP) is 4.59. The van der Waals surface area contributed by atoms with Crippen molar-refractivity contribution < 1.29 is 9.21 Å². The van der Waals surface area contributed by atoms with E-state index in [4.69, 9.17) is 4.42 Å². The molecule has 1 aliphatic rings. The van der Waals surface area contributed by atoms with E-state index in [2.05, 4.69) is 25.5 Å². The molecule has 1 aromatic carbocycles. The van der Waals surface area contributed by atoms with Gasteiger partial charge in [0.05, 0.1) is 5.56 Å². The molecule has 4 rings (SSSR count). The van der Waals surface area contributed by atoms with Crippen molar-refractivity contribution in [3.8, 4) is 0 Å². The Morgan fingerprint density at radius 3 is 2.34 bits per heavy atom. The lowest BCUT2D eigenvalue weighted by atomic mass is 10.2. The third-order valence-electron chi connectivity index (χ3n) is 4.96. The van der Waals surface area contributed by atoms with Gasteiger partial charge in [-0.15, -0.1) is 0 Å². The summed E-state index contributed by atoms with van der Waals surface area (Å²) in [5, 5.41) is 6.23. The lowest BCUT2D eigenvalue weighted by Gasteiger charge is -2.18. The van der Waals surface area contributed by atoms with Gasteiger partial charge in [0.1, 0.15) is 29.0 Å². The van der Waals surface area contributed by atoms with Crippen LogP contribution in [0.2, 0.25) is 0 Å². The zero-order valence-electron chi connectivity index (χ0n) is 17.0. The van der Waals surface area contributed by atoms with Gasteiger partial charge in [-0.1, -0.05) is 0 Å². The smallest absolute Gasteiger partial charge is 0.259 e. The third kappa shape index (κ3) is 4.39. The largest absolute Gasteiger partial charge is 0.466 e. The average Bonchev–Trinajstić information content (AvgIpc) is 3.32. The van der Waals surface area contributed by atoms with Crippen molar-refractivity contribution in [1.82, 2.24) is 9.97 Å². The highest BCUT2D eigenvalue weighted by Gasteiger charge is 2.16. The summed E-state index contributed by atoms with van der Waals surface area (Å²) in [5.41, 5.74) is 2.16. The fourth-order valence-corrected chi connectivity index (χ4v) is 3.56. The molecule has 1 fully saturated rings. The van der Waals surface area contributed by atoms with Gasteiger partial charge in [-0.2, -0.15) is 0 Å². The van der Waals surface area contributed by atoms with Gasteiger partial charge < -0.3 is 20.0 Å².